The van der Waals surface area contributed by atoms with Crippen molar-refractivity contribution in [2.75, 3.05) is 18.6 Å². The molecule has 0 amide bonds. The van der Waals surface area contributed by atoms with Crippen molar-refractivity contribution in [2.24, 2.45) is 5.92 Å². The maximum absolute atomic E-state index is 5.64. The van der Waals surface area contributed by atoms with Crippen LogP contribution in [0.1, 0.15) is 13.8 Å². The van der Waals surface area contributed by atoms with E-state index in [1.54, 1.807) is 0 Å². The monoisotopic (exact) mass is 296 g/mol. The molecule has 19 heavy (non-hydrogen) atoms. The van der Waals surface area contributed by atoms with Crippen LogP contribution in [0.15, 0.2) is 18.2 Å². The first-order valence-corrected chi connectivity index (χ1v) is 8.30. The summed E-state index contributed by atoms with van der Waals surface area (Å²) in [6.07, 6.45) is 2.14. The van der Waals surface area contributed by atoms with E-state index >= 15 is 0 Å². The van der Waals surface area contributed by atoms with Gasteiger partial charge in [-0.05, 0) is 49.2 Å². The van der Waals surface area contributed by atoms with Crippen molar-refractivity contribution >= 4 is 35.0 Å². The van der Waals surface area contributed by atoms with Crippen LogP contribution in [0.5, 0.6) is 5.75 Å². The van der Waals surface area contributed by atoms with E-state index in [9.17, 15) is 0 Å². The fraction of sp³-hybridized carbons (Fsp3) is 0.500. The summed E-state index contributed by atoms with van der Waals surface area (Å²) >= 11 is 7.32. The molecule has 1 atom stereocenters. The molecule has 0 fully saturated rings. The van der Waals surface area contributed by atoms with Crippen molar-refractivity contribution in [3.63, 3.8) is 0 Å². The molecule has 0 aliphatic heterocycles. The molecule has 1 unspecified atom stereocenters. The Kier molecular flexibility index (Phi) is 4.93. The number of para-hydroxylation sites is 1. The second-order valence-corrected chi connectivity index (χ2v) is 5.98. The average molecular weight is 296 g/mol. The number of benzene rings is 1. The van der Waals surface area contributed by atoms with Gasteiger partial charge in [0.05, 0.1) is 12.1 Å². The maximum atomic E-state index is 5.64. The lowest BCUT2D eigenvalue weighted by Gasteiger charge is -2.11. The average Bonchev–Trinajstić information content (AvgIpc) is 2.68. The van der Waals surface area contributed by atoms with Crippen LogP contribution in [0.25, 0.3) is 11.0 Å². The molecular weight excluding hydrogens is 276 g/mol. The highest BCUT2D eigenvalue weighted by atomic mass is 32.2. The summed E-state index contributed by atoms with van der Waals surface area (Å²) in [6.45, 7) is 5.84. The number of nitrogens with zero attached hydrogens (tertiary/aromatic N) is 1. The van der Waals surface area contributed by atoms with E-state index in [2.05, 4.69) is 28.8 Å². The van der Waals surface area contributed by atoms with Gasteiger partial charge in [-0.1, -0.05) is 13.0 Å². The molecule has 3 nitrogen and oxygen atoms in total. The minimum Gasteiger partial charge on any atom is -0.492 e. The van der Waals surface area contributed by atoms with Crippen LogP contribution in [-0.4, -0.2) is 28.2 Å². The van der Waals surface area contributed by atoms with Crippen LogP contribution in [0.2, 0.25) is 0 Å². The Morgan fingerprint density at radius 2 is 2.26 bits per heavy atom. The van der Waals surface area contributed by atoms with Crippen LogP contribution in [0, 0.1) is 10.7 Å². The van der Waals surface area contributed by atoms with E-state index in [0.717, 1.165) is 33.9 Å². The third-order valence-electron chi connectivity index (χ3n) is 3.02. The van der Waals surface area contributed by atoms with Gasteiger partial charge in [-0.3, -0.25) is 0 Å². The molecule has 2 aromatic rings. The Labute approximate surface area is 123 Å². The third kappa shape index (κ3) is 3.15. The molecule has 0 saturated carbocycles. The zero-order valence-corrected chi connectivity index (χ0v) is 13.2. The standard InChI is InChI=1S/C14H20N2OS2/c1-4-17-12-7-5-6-11-13(12)15-14(18)16(11)8-10(2)9-19-3/h5-7,10H,4,8-9H2,1-3H3,(H,15,18). The van der Waals surface area contributed by atoms with E-state index in [0.29, 0.717) is 12.5 Å². The molecule has 0 radical (unpaired) electrons. The maximum Gasteiger partial charge on any atom is 0.178 e. The number of rotatable bonds is 6. The van der Waals surface area contributed by atoms with Crippen molar-refractivity contribution in [2.45, 2.75) is 20.4 Å². The normalized spacial score (nSPS) is 12.8. The lowest BCUT2D eigenvalue weighted by molar-refractivity contribution is 0.343. The Bertz CT molecular complexity index is 603. The summed E-state index contributed by atoms with van der Waals surface area (Å²) in [5, 5.41) is 0. The molecular formula is C14H20N2OS2. The first-order valence-electron chi connectivity index (χ1n) is 6.50. The van der Waals surface area contributed by atoms with Crippen LogP contribution < -0.4 is 4.74 Å². The third-order valence-corrected chi connectivity index (χ3v) is 4.24. The fourth-order valence-corrected chi connectivity index (χ4v) is 3.21. The quantitative estimate of drug-likeness (QED) is 0.814. The number of aromatic amines is 1. The summed E-state index contributed by atoms with van der Waals surface area (Å²) in [5.74, 6) is 2.61. The number of ether oxygens (including phenoxy) is 1. The number of H-pyrrole nitrogens is 1. The Hall–Kier alpha value is -0.940. The molecule has 104 valence electrons. The number of imidazole rings is 1. The van der Waals surface area contributed by atoms with E-state index in [1.807, 2.05) is 30.8 Å². The van der Waals surface area contributed by atoms with Crippen LogP contribution in [-0.2, 0) is 6.54 Å². The van der Waals surface area contributed by atoms with Crippen molar-refractivity contribution in [3.05, 3.63) is 23.0 Å². The summed E-state index contributed by atoms with van der Waals surface area (Å²) in [7, 11) is 0. The Balaban J connectivity index is 2.42. The molecule has 1 N–H and O–H groups in total. The lowest BCUT2D eigenvalue weighted by Crippen LogP contribution is -2.09. The van der Waals surface area contributed by atoms with Gasteiger partial charge in [0.15, 0.2) is 4.77 Å². The number of nitrogens with one attached hydrogen (secondary N) is 1. The predicted octanol–water partition coefficient (Wildman–Crippen LogP) is 4.10. The lowest BCUT2D eigenvalue weighted by atomic mass is 10.2. The van der Waals surface area contributed by atoms with E-state index < -0.39 is 0 Å². The SMILES string of the molecule is CCOc1cccc2c1[nH]c(=S)n2CC(C)CSC. The minimum atomic E-state index is 0.594. The second-order valence-electron chi connectivity index (χ2n) is 4.68. The number of hydrogen-bond donors (Lipinski definition) is 1. The van der Waals surface area contributed by atoms with Gasteiger partial charge < -0.3 is 14.3 Å². The van der Waals surface area contributed by atoms with Crippen LogP contribution >= 0.6 is 24.0 Å². The highest BCUT2D eigenvalue weighted by molar-refractivity contribution is 7.98. The highest BCUT2D eigenvalue weighted by Crippen LogP contribution is 2.25. The van der Waals surface area contributed by atoms with Crippen molar-refractivity contribution in [1.29, 1.82) is 0 Å². The number of aromatic nitrogens is 2. The molecule has 2 rings (SSSR count). The molecule has 0 aliphatic carbocycles. The molecule has 0 bridgehead atoms. The second kappa shape index (κ2) is 6.48. The van der Waals surface area contributed by atoms with E-state index in [4.69, 9.17) is 17.0 Å². The van der Waals surface area contributed by atoms with Gasteiger partial charge in [0.1, 0.15) is 11.3 Å². The Morgan fingerprint density at radius 1 is 1.47 bits per heavy atom. The number of thioether (sulfide) groups is 1. The van der Waals surface area contributed by atoms with Gasteiger partial charge in [0, 0.05) is 6.54 Å². The van der Waals surface area contributed by atoms with Crippen LogP contribution in [0.3, 0.4) is 0 Å². The minimum absolute atomic E-state index is 0.594. The molecule has 1 aromatic carbocycles. The highest BCUT2D eigenvalue weighted by Gasteiger charge is 2.11. The van der Waals surface area contributed by atoms with Gasteiger partial charge in [-0.2, -0.15) is 11.8 Å². The zero-order valence-electron chi connectivity index (χ0n) is 11.6. The molecule has 0 spiro atoms. The zero-order chi connectivity index (χ0) is 13.8. The number of fused-ring (bicyclic) bond motifs is 1. The summed E-state index contributed by atoms with van der Waals surface area (Å²) in [6, 6.07) is 6.09. The fourth-order valence-electron chi connectivity index (χ4n) is 2.26. The van der Waals surface area contributed by atoms with Gasteiger partial charge >= 0.3 is 0 Å². The summed E-state index contributed by atoms with van der Waals surface area (Å²) < 4.78 is 8.59. The summed E-state index contributed by atoms with van der Waals surface area (Å²) in [5.41, 5.74) is 2.13. The molecule has 1 heterocycles. The van der Waals surface area contributed by atoms with E-state index in [-0.39, 0.29) is 0 Å². The van der Waals surface area contributed by atoms with Crippen molar-refractivity contribution in [3.8, 4) is 5.75 Å². The largest absolute Gasteiger partial charge is 0.492 e. The van der Waals surface area contributed by atoms with Gasteiger partial charge in [-0.15, -0.1) is 0 Å². The molecule has 1 aromatic heterocycles. The smallest absolute Gasteiger partial charge is 0.178 e. The topological polar surface area (TPSA) is 29.9 Å². The van der Waals surface area contributed by atoms with Gasteiger partial charge in [0.2, 0.25) is 0 Å². The number of hydrogen-bond acceptors (Lipinski definition) is 3. The molecule has 0 aliphatic rings. The van der Waals surface area contributed by atoms with E-state index in [1.165, 1.54) is 0 Å². The molecule has 5 heteroatoms. The van der Waals surface area contributed by atoms with Crippen LogP contribution in [0.4, 0.5) is 0 Å². The predicted molar refractivity (Wildman–Crippen MR) is 85.8 cm³/mol. The van der Waals surface area contributed by atoms with Crippen molar-refractivity contribution in [1.82, 2.24) is 9.55 Å². The Morgan fingerprint density at radius 3 is 2.95 bits per heavy atom. The van der Waals surface area contributed by atoms with Gasteiger partial charge in [-0.25, -0.2) is 0 Å². The van der Waals surface area contributed by atoms with Crippen molar-refractivity contribution < 1.29 is 4.74 Å². The molecule has 0 saturated heterocycles. The first-order chi connectivity index (χ1) is 9.17. The van der Waals surface area contributed by atoms with Gasteiger partial charge in [0.25, 0.3) is 0 Å². The summed E-state index contributed by atoms with van der Waals surface area (Å²) in [4.78, 5) is 3.27. The first kappa shape index (κ1) is 14.5.